The Labute approximate surface area is 238 Å². The molecule has 0 spiro atoms. The highest BCUT2D eigenvalue weighted by atomic mass is 16.5. The topological polar surface area (TPSA) is 113 Å². The van der Waals surface area contributed by atoms with Gasteiger partial charge in [0.05, 0.1) is 24.6 Å². The van der Waals surface area contributed by atoms with E-state index in [0.717, 1.165) is 68.9 Å². The summed E-state index contributed by atoms with van der Waals surface area (Å²) in [5, 5.41) is 26.6. The summed E-state index contributed by atoms with van der Waals surface area (Å²) in [7, 11) is 3.88. The number of anilines is 4. The highest BCUT2D eigenvalue weighted by molar-refractivity contribution is 5.71. The van der Waals surface area contributed by atoms with Gasteiger partial charge in [0, 0.05) is 63.1 Å². The van der Waals surface area contributed by atoms with Crippen molar-refractivity contribution < 1.29 is 9.84 Å². The van der Waals surface area contributed by atoms with Gasteiger partial charge < -0.3 is 30.3 Å². The van der Waals surface area contributed by atoms with Crippen LogP contribution in [0.3, 0.4) is 0 Å². The van der Waals surface area contributed by atoms with Crippen molar-refractivity contribution >= 4 is 23.0 Å². The molecule has 1 saturated carbocycles. The largest absolute Gasteiger partial charge is 0.494 e. The normalized spacial score (nSPS) is 23.0. The molecule has 5 rings (SSSR count). The second-order valence-corrected chi connectivity index (χ2v) is 11.4. The van der Waals surface area contributed by atoms with E-state index < -0.39 is 0 Å². The molecular weight excluding hydrogens is 504 g/mol. The molecule has 0 bridgehead atoms. The first kappa shape index (κ1) is 28.4. The van der Waals surface area contributed by atoms with Gasteiger partial charge in [-0.25, -0.2) is 9.97 Å². The van der Waals surface area contributed by atoms with Gasteiger partial charge in [0.25, 0.3) is 0 Å². The SMILES string of the molecule is CCc1nc(C#N)c(Nc2ccc(N3CCC(N4CCN(C)CC4)CC3)cc2OC)nc1NC1CCC(O)CC1. The number of hydrogen-bond donors (Lipinski definition) is 3. The molecule has 3 aliphatic rings. The molecule has 2 aliphatic heterocycles. The predicted molar refractivity (Wildman–Crippen MR) is 159 cm³/mol. The number of piperidine rings is 1. The Morgan fingerprint density at radius 3 is 2.38 bits per heavy atom. The summed E-state index contributed by atoms with van der Waals surface area (Å²) in [6.45, 7) is 8.74. The van der Waals surface area contributed by atoms with Gasteiger partial charge in [-0.2, -0.15) is 5.26 Å². The van der Waals surface area contributed by atoms with Crippen molar-refractivity contribution in [3.8, 4) is 11.8 Å². The number of methoxy groups -OCH3 is 1. The third kappa shape index (κ3) is 6.60. The van der Waals surface area contributed by atoms with Gasteiger partial charge in [-0.05, 0) is 64.1 Å². The molecule has 2 saturated heterocycles. The summed E-state index contributed by atoms with van der Waals surface area (Å²) in [5.41, 5.74) is 2.93. The number of rotatable bonds is 8. The molecule has 1 aromatic heterocycles. The second kappa shape index (κ2) is 13.0. The van der Waals surface area contributed by atoms with E-state index in [1.807, 2.05) is 13.0 Å². The van der Waals surface area contributed by atoms with E-state index in [9.17, 15) is 10.4 Å². The summed E-state index contributed by atoms with van der Waals surface area (Å²) in [6.07, 6.45) is 6.14. The van der Waals surface area contributed by atoms with Crippen molar-refractivity contribution in [2.75, 3.05) is 69.0 Å². The Morgan fingerprint density at radius 2 is 1.73 bits per heavy atom. The van der Waals surface area contributed by atoms with Crippen molar-refractivity contribution in [3.63, 3.8) is 0 Å². The van der Waals surface area contributed by atoms with Crippen LogP contribution in [0, 0.1) is 11.3 Å². The minimum absolute atomic E-state index is 0.216. The number of hydrogen-bond acceptors (Lipinski definition) is 10. The third-order valence-electron chi connectivity index (χ3n) is 8.77. The number of aryl methyl sites for hydroxylation is 1. The number of aromatic nitrogens is 2. The van der Waals surface area contributed by atoms with Crippen LogP contribution in [0.25, 0.3) is 0 Å². The van der Waals surface area contributed by atoms with Crippen LogP contribution in [0.1, 0.15) is 56.8 Å². The number of ether oxygens (including phenoxy) is 1. The van der Waals surface area contributed by atoms with Gasteiger partial charge in [-0.1, -0.05) is 6.92 Å². The Morgan fingerprint density at radius 1 is 1.00 bits per heavy atom. The number of nitrogens with zero attached hydrogens (tertiary/aromatic N) is 6. The predicted octanol–water partition coefficient (Wildman–Crippen LogP) is 3.59. The minimum atomic E-state index is -0.216. The molecule has 3 fully saturated rings. The highest BCUT2D eigenvalue weighted by Crippen LogP contribution is 2.34. The first-order chi connectivity index (χ1) is 19.5. The zero-order valence-corrected chi connectivity index (χ0v) is 24.2. The molecule has 40 heavy (non-hydrogen) atoms. The molecule has 0 atom stereocenters. The number of nitriles is 1. The van der Waals surface area contributed by atoms with E-state index >= 15 is 0 Å². The summed E-state index contributed by atoms with van der Waals surface area (Å²) in [6, 6.07) is 9.31. The zero-order chi connectivity index (χ0) is 28.1. The van der Waals surface area contributed by atoms with Gasteiger partial charge in [-0.3, -0.25) is 4.90 Å². The van der Waals surface area contributed by atoms with Crippen molar-refractivity contribution in [2.24, 2.45) is 0 Å². The van der Waals surface area contributed by atoms with Crippen molar-refractivity contribution in [3.05, 3.63) is 29.6 Å². The second-order valence-electron chi connectivity index (χ2n) is 11.4. The molecule has 0 unspecified atom stereocenters. The first-order valence-corrected chi connectivity index (χ1v) is 14.9. The molecular formula is C30H44N8O2. The summed E-state index contributed by atoms with van der Waals surface area (Å²) in [4.78, 5) is 17.0. The quantitative estimate of drug-likeness (QED) is 0.452. The smallest absolute Gasteiger partial charge is 0.183 e. The molecule has 3 heterocycles. The summed E-state index contributed by atoms with van der Waals surface area (Å²) in [5.74, 6) is 1.82. The van der Waals surface area contributed by atoms with Gasteiger partial charge >= 0.3 is 0 Å². The van der Waals surface area contributed by atoms with Crippen molar-refractivity contribution in [1.82, 2.24) is 19.8 Å². The maximum absolute atomic E-state index is 9.88. The molecule has 0 radical (unpaired) electrons. The minimum Gasteiger partial charge on any atom is -0.494 e. The lowest BCUT2D eigenvalue weighted by molar-refractivity contribution is 0.0982. The number of piperazine rings is 1. The highest BCUT2D eigenvalue weighted by Gasteiger charge is 2.27. The Hall–Kier alpha value is -3.13. The van der Waals surface area contributed by atoms with Crippen LogP contribution in [0.2, 0.25) is 0 Å². The summed E-state index contributed by atoms with van der Waals surface area (Å²) < 4.78 is 5.78. The van der Waals surface area contributed by atoms with Gasteiger partial charge in [0.2, 0.25) is 0 Å². The van der Waals surface area contributed by atoms with Crippen molar-refractivity contribution in [2.45, 2.75) is 70.1 Å². The fourth-order valence-electron chi connectivity index (χ4n) is 6.19. The Kier molecular flexibility index (Phi) is 9.25. The zero-order valence-electron chi connectivity index (χ0n) is 24.2. The van der Waals surface area contributed by atoms with E-state index in [-0.39, 0.29) is 17.8 Å². The average Bonchev–Trinajstić information content (AvgIpc) is 2.99. The van der Waals surface area contributed by atoms with E-state index in [0.29, 0.717) is 29.8 Å². The number of likely N-dealkylation sites (N-methyl/N-ethyl adjacent to an activating group) is 1. The van der Waals surface area contributed by atoms with Crippen LogP contribution in [0.4, 0.5) is 23.0 Å². The monoisotopic (exact) mass is 548 g/mol. The maximum Gasteiger partial charge on any atom is 0.183 e. The van der Waals surface area contributed by atoms with E-state index in [1.54, 1.807) is 7.11 Å². The molecule has 1 aliphatic carbocycles. The van der Waals surface area contributed by atoms with Crippen LogP contribution < -0.4 is 20.3 Å². The number of aliphatic hydroxyl groups is 1. The van der Waals surface area contributed by atoms with Crippen LogP contribution in [-0.4, -0.2) is 96.5 Å². The van der Waals surface area contributed by atoms with Crippen LogP contribution in [0.15, 0.2) is 18.2 Å². The standard InChI is InChI=1S/C30H44N8O2/c1-4-25-29(32-21-5-8-24(39)9-6-21)35-30(27(20-31)33-25)34-26-10-7-23(19-28(26)40-3)37-13-11-22(12-14-37)38-17-15-36(2)16-18-38/h7,10,19,21-22,24,39H,4-6,8-9,11-18H2,1-3H3,(H2,32,34,35). The molecule has 10 heteroatoms. The lowest BCUT2D eigenvalue weighted by Gasteiger charge is -2.42. The molecule has 3 N–H and O–H groups in total. The van der Waals surface area contributed by atoms with Gasteiger partial charge in [0.15, 0.2) is 17.3 Å². The molecule has 1 aromatic carbocycles. The van der Waals surface area contributed by atoms with Gasteiger partial charge in [-0.15, -0.1) is 0 Å². The fraction of sp³-hybridized carbons (Fsp3) is 0.633. The van der Waals surface area contributed by atoms with Crippen LogP contribution in [0.5, 0.6) is 5.75 Å². The van der Waals surface area contributed by atoms with Gasteiger partial charge in [0.1, 0.15) is 11.8 Å². The molecule has 10 nitrogen and oxygen atoms in total. The lowest BCUT2D eigenvalue weighted by atomic mass is 9.93. The molecule has 216 valence electrons. The first-order valence-electron chi connectivity index (χ1n) is 14.9. The summed E-state index contributed by atoms with van der Waals surface area (Å²) >= 11 is 0. The van der Waals surface area contributed by atoms with Crippen LogP contribution in [-0.2, 0) is 6.42 Å². The Bertz CT molecular complexity index is 1180. The third-order valence-corrected chi connectivity index (χ3v) is 8.77. The molecule has 2 aromatic rings. The maximum atomic E-state index is 9.88. The van der Waals surface area contributed by atoms with Crippen LogP contribution >= 0.6 is 0 Å². The van der Waals surface area contributed by atoms with Crippen molar-refractivity contribution in [1.29, 1.82) is 5.26 Å². The average molecular weight is 549 g/mol. The number of nitrogens with one attached hydrogen (secondary N) is 2. The Balaban J connectivity index is 1.28. The van der Waals surface area contributed by atoms with E-state index in [4.69, 9.17) is 9.72 Å². The number of benzene rings is 1. The molecule has 0 amide bonds. The van der Waals surface area contributed by atoms with E-state index in [1.165, 1.54) is 25.9 Å². The van der Waals surface area contributed by atoms with E-state index in [2.05, 4.69) is 55.6 Å². The lowest BCUT2D eigenvalue weighted by Crippen LogP contribution is -2.52. The fourth-order valence-corrected chi connectivity index (χ4v) is 6.19. The number of aliphatic hydroxyl groups excluding tert-OH is 1.